The summed E-state index contributed by atoms with van der Waals surface area (Å²) in [6, 6.07) is 6.20. The molecule has 0 bridgehead atoms. The highest BCUT2D eigenvalue weighted by Crippen LogP contribution is 2.27. The lowest BCUT2D eigenvalue weighted by Crippen LogP contribution is -2.44. The Bertz CT molecular complexity index is 506. The number of ether oxygens (including phenoxy) is 1. The first-order valence-corrected chi connectivity index (χ1v) is 7.69. The van der Waals surface area contributed by atoms with Crippen LogP contribution in [0.2, 0.25) is 0 Å². The topological polar surface area (TPSA) is 50.4 Å². The summed E-state index contributed by atoms with van der Waals surface area (Å²) in [5.74, 6) is 0.966. The molecule has 4 nitrogen and oxygen atoms in total. The fourth-order valence-electron chi connectivity index (χ4n) is 2.49. The lowest BCUT2D eigenvalue weighted by Gasteiger charge is -2.31. The van der Waals surface area contributed by atoms with Gasteiger partial charge in [0.1, 0.15) is 12.4 Å². The van der Waals surface area contributed by atoms with E-state index in [1.165, 1.54) is 0 Å². The van der Waals surface area contributed by atoms with Crippen LogP contribution < -0.4 is 15.4 Å². The van der Waals surface area contributed by atoms with E-state index >= 15 is 0 Å². The summed E-state index contributed by atoms with van der Waals surface area (Å²) in [5.41, 5.74) is 2.22. The van der Waals surface area contributed by atoms with E-state index in [1.54, 1.807) is 0 Å². The summed E-state index contributed by atoms with van der Waals surface area (Å²) >= 11 is 0. The van der Waals surface area contributed by atoms with Crippen molar-refractivity contribution >= 4 is 11.6 Å². The molecular formula is C17H26N2O2. The van der Waals surface area contributed by atoms with Gasteiger partial charge in [0, 0.05) is 18.2 Å². The number of fused-ring (bicyclic) bond motifs is 1. The van der Waals surface area contributed by atoms with Crippen molar-refractivity contribution in [3.05, 3.63) is 23.8 Å². The maximum Gasteiger partial charge on any atom is 0.224 e. The van der Waals surface area contributed by atoms with Gasteiger partial charge in [-0.25, -0.2) is 0 Å². The molecule has 1 aliphatic heterocycles. The number of carbonyl (C=O) groups excluding carboxylic acids is 1. The molecule has 0 saturated heterocycles. The van der Waals surface area contributed by atoms with Gasteiger partial charge in [-0.05, 0) is 42.1 Å². The number of hydrogen-bond acceptors (Lipinski definition) is 3. The zero-order chi connectivity index (χ0) is 15.5. The number of nitrogens with one attached hydrogen (secondary N) is 2. The number of likely N-dealkylation sites (N-methyl/N-ethyl adjacent to an activating group) is 1. The molecule has 116 valence electrons. The first-order chi connectivity index (χ1) is 9.90. The number of rotatable bonds is 5. The van der Waals surface area contributed by atoms with Crippen LogP contribution in [0.3, 0.4) is 0 Å². The molecular weight excluding hydrogens is 264 g/mol. The number of anilines is 1. The van der Waals surface area contributed by atoms with Crippen molar-refractivity contribution in [2.24, 2.45) is 5.41 Å². The average Bonchev–Trinajstić information content (AvgIpc) is 2.42. The fourth-order valence-corrected chi connectivity index (χ4v) is 2.49. The Labute approximate surface area is 127 Å². The smallest absolute Gasteiger partial charge is 0.224 e. The Morgan fingerprint density at radius 3 is 2.76 bits per heavy atom. The summed E-state index contributed by atoms with van der Waals surface area (Å²) in [6.45, 7) is 10.3. The number of hydrogen-bond donors (Lipinski definition) is 2. The van der Waals surface area contributed by atoms with Crippen LogP contribution in [-0.4, -0.2) is 25.1 Å². The summed E-state index contributed by atoms with van der Waals surface area (Å²) in [5, 5.41) is 6.37. The van der Waals surface area contributed by atoms with Crippen molar-refractivity contribution in [3.63, 3.8) is 0 Å². The van der Waals surface area contributed by atoms with Crippen molar-refractivity contribution < 1.29 is 9.53 Å². The molecule has 1 aromatic carbocycles. The zero-order valence-corrected chi connectivity index (χ0v) is 13.5. The van der Waals surface area contributed by atoms with Crippen LogP contribution in [0.25, 0.3) is 0 Å². The highest BCUT2D eigenvalue weighted by molar-refractivity contribution is 5.93. The second-order valence-electron chi connectivity index (χ2n) is 6.65. The van der Waals surface area contributed by atoms with Gasteiger partial charge in [0.05, 0.1) is 0 Å². The van der Waals surface area contributed by atoms with Crippen molar-refractivity contribution in [3.8, 4) is 5.75 Å². The highest BCUT2D eigenvalue weighted by Gasteiger charge is 2.24. The average molecular weight is 290 g/mol. The Morgan fingerprint density at radius 2 is 2.10 bits per heavy atom. The predicted octanol–water partition coefficient (Wildman–Crippen LogP) is 2.97. The second-order valence-corrected chi connectivity index (χ2v) is 6.65. The van der Waals surface area contributed by atoms with E-state index < -0.39 is 0 Å². The van der Waals surface area contributed by atoms with Gasteiger partial charge in [-0.15, -0.1) is 0 Å². The molecule has 21 heavy (non-hydrogen) atoms. The van der Waals surface area contributed by atoms with Crippen LogP contribution in [0.15, 0.2) is 18.2 Å². The molecule has 1 aliphatic rings. The van der Waals surface area contributed by atoms with Gasteiger partial charge in [-0.3, -0.25) is 4.79 Å². The molecule has 0 spiro atoms. The third-order valence-corrected chi connectivity index (χ3v) is 3.88. The minimum atomic E-state index is 0.0936. The maximum atomic E-state index is 11.4. The van der Waals surface area contributed by atoms with Crippen molar-refractivity contribution in [2.75, 3.05) is 18.5 Å². The van der Waals surface area contributed by atoms with E-state index in [-0.39, 0.29) is 11.3 Å². The monoisotopic (exact) mass is 290 g/mol. The minimum Gasteiger partial charge on any atom is -0.492 e. The van der Waals surface area contributed by atoms with Gasteiger partial charge < -0.3 is 15.4 Å². The van der Waals surface area contributed by atoms with E-state index in [9.17, 15) is 4.79 Å². The molecule has 0 aromatic heterocycles. The van der Waals surface area contributed by atoms with Crippen LogP contribution in [0.1, 0.15) is 39.7 Å². The quantitative estimate of drug-likeness (QED) is 0.876. The number of benzene rings is 1. The van der Waals surface area contributed by atoms with Crippen molar-refractivity contribution in [1.29, 1.82) is 0 Å². The summed E-state index contributed by atoms with van der Waals surface area (Å²) in [7, 11) is 0. The molecule has 0 radical (unpaired) electrons. The Morgan fingerprint density at radius 1 is 1.33 bits per heavy atom. The predicted molar refractivity (Wildman–Crippen MR) is 85.8 cm³/mol. The van der Waals surface area contributed by atoms with Gasteiger partial charge in [0.15, 0.2) is 0 Å². The van der Waals surface area contributed by atoms with Crippen LogP contribution in [0.5, 0.6) is 5.75 Å². The lowest BCUT2D eigenvalue weighted by atomic mass is 9.87. The van der Waals surface area contributed by atoms with Crippen LogP contribution in [0, 0.1) is 5.41 Å². The molecule has 0 aliphatic carbocycles. The summed E-state index contributed by atoms with van der Waals surface area (Å²) < 4.78 is 5.96. The van der Waals surface area contributed by atoms with Gasteiger partial charge in [0.25, 0.3) is 0 Å². The first-order valence-electron chi connectivity index (χ1n) is 7.69. The third kappa shape index (κ3) is 4.21. The number of aryl methyl sites for hydroxylation is 1. The Hall–Kier alpha value is -1.55. The van der Waals surface area contributed by atoms with E-state index in [0.717, 1.165) is 30.0 Å². The molecule has 1 atom stereocenters. The van der Waals surface area contributed by atoms with Crippen LogP contribution in [-0.2, 0) is 11.2 Å². The zero-order valence-electron chi connectivity index (χ0n) is 13.5. The lowest BCUT2D eigenvalue weighted by molar-refractivity contribution is -0.116. The Balaban J connectivity index is 2.01. The van der Waals surface area contributed by atoms with Gasteiger partial charge >= 0.3 is 0 Å². The fraction of sp³-hybridized carbons (Fsp3) is 0.588. The van der Waals surface area contributed by atoms with E-state index in [1.807, 2.05) is 18.2 Å². The summed E-state index contributed by atoms with van der Waals surface area (Å²) in [4.78, 5) is 11.4. The van der Waals surface area contributed by atoms with Crippen LogP contribution in [0.4, 0.5) is 5.69 Å². The molecule has 1 heterocycles. The molecule has 1 unspecified atom stereocenters. The molecule has 2 N–H and O–H groups in total. The standard InChI is InChI=1S/C17H26N2O2/c1-5-18-15(17(2,3)4)11-21-13-7-8-14-12(10-13)6-9-16(20)19-14/h7-8,10,15,18H,5-6,9,11H2,1-4H3,(H,19,20). The maximum absolute atomic E-state index is 11.4. The molecule has 0 saturated carbocycles. The molecule has 1 amide bonds. The SMILES string of the molecule is CCNC(COc1ccc2c(c1)CCC(=O)N2)C(C)(C)C. The molecule has 2 rings (SSSR count). The van der Waals surface area contributed by atoms with Crippen LogP contribution >= 0.6 is 0 Å². The second kappa shape index (κ2) is 6.48. The number of carbonyl (C=O) groups is 1. The largest absolute Gasteiger partial charge is 0.492 e. The Kier molecular flexibility index (Phi) is 4.88. The normalized spacial score (nSPS) is 16.1. The van der Waals surface area contributed by atoms with Gasteiger partial charge in [0.2, 0.25) is 5.91 Å². The highest BCUT2D eigenvalue weighted by atomic mass is 16.5. The van der Waals surface area contributed by atoms with Gasteiger partial charge in [-0.2, -0.15) is 0 Å². The van der Waals surface area contributed by atoms with Crippen molar-refractivity contribution in [2.45, 2.75) is 46.6 Å². The third-order valence-electron chi connectivity index (χ3n) is 3.88. The summed E-state index contributed by atoms with van der Waals surface area (Å²) in [6.07, 6.45) is 1.34. The van der Waals surface area contributed by atoms with E-state index in [4.69, 9.17) is 4.74 Å². The minimum absolute atomic E-state index is 0.0936. The number of amides is 1. The molecule has 4 heteroatoms. The van der Waals surface area contributed by atoms with E-state index in [0.29, 0.717) is 19.1 Å². The van der Waals surface area contributed by atoms with Crippen molar-refractivity contribution in [1.82, 2.24) is 5.32 Å². The molecule has 1 aromatic rings. The van der Waals surface area contributed by atoms with Gasteiger partial charge in [-0.1, -0.05) is 27.7 Å². The van der Waals surface area contributed by atoms with E-state index in [2.05, 4.69) is 38.3 Å². The first kappa shape index (κ1) is 15.8. The molecule has 0 fully saturated rings.